The van der Waals surface area contributed by atoms with Crippen molar-refractivity contribution in [2.45, 2.75) is 31.3 Å². The zero-order chi connectivity index (χ0) is 8.27. The average Bonchev–Trinajstić information content (AvgIpc) is 2.35. The zero-order valence-electron chi connectivity index (χ0n) is 6.67. The number of nitrogens with two attached hydrogens (primary N) is 1. The molecule has 0 bridgehead atoms. The molecule has 1 saturated carbocycles. The Bertz CT molecular complexity index is 149. The first-order valence-corrected chi connectivity index (χ1v) is 3.82. The van der Waals surface area contributed by atoms with E-state index in [0.717, 1.165) is 19.3 Å². The molecule has 1 rings (SSSR count). The Labute approximate surface area is 66.1 Å². The van der Waals surface area contributed by atoms with Crippen LogP contribution in [0.2, 0.25) is 0 Å². The van der Waals surface area contributed by atoms with Crippen molar-refractivity contribution in [3.8, 4) is 0 Å². The number of ether oxygens (including phenoxy) is 1. The molecule has 1 fully saturated rings. The molecule has 0 radical (unpaired) electrons. The molecule has 0 aromatic carbocycles. The van der Waals surface area contributed by atoms with Crippen LogP contribution < -0.4 is 11.1 Å². The van der Waals surface area contributed by atoms with E-state index in [1.54, 1.807) is 0 Å². The highest BCUT2D eigenvalue weighted by Gasteiger charge is 2.22. The normalized spacial score (nSPS) is 30.0. The summed E-state index contributed by atoms with van der Waals surface area (Å²) >= 11 is 0. The van der Waals surface area contributed by atoms with Gasteiger partial charge in [-0.1, -0.05) is 0 Å². The van der Waals surface area contributed by atoms with Gasteiger partial charge in [0.25, 0.3) is 0 Å². The maximum atomic E-state index is 10.7. The number of nitrogens with one attached hydrogen (secondary N) is 1. The predicted octanol–water partition coefficient (Wildman–Crippen LogP) is 0.222. The minimum absolute atomic E-state index is 0.220. The minimum atomic E-state index is -0.357. The molecule has 0 heterocycles. The molecule has 11 heavy (non-hydrogen) atoms. The second-order valence-corrected chi connectivity index (χ2v) is 2.91. The van der Waals surface area contributed by atoms with Crippen LogP contribution in [0.1, 0.15) is 19.3 Å². The SMILES string of the molecule is COC(=O)N[C@H]1CC[C@H](N)C1. The summed E-state index contributed by atoms with van der Waals surface area (Å²) in [6, 6.07) is 0.467. The van der Waals surface area contributed by atoms with Crippen LogP contribution in [0, 0.1) is 0 Å². The van der Waals surface area contributed by atoms with Gasteiger partial charge in [-0.15, -0.1) is 0 Å². The first kappa shape index (κ1) is 8.33. The minimum Gasteiger partial charge on any atom is -0.453 e. The van der Waals surface area contributed by atoms with Crippen molar-refractivity contribution >= 4 is 6.09 Å². The quantitative estimate of drug-likeness (QED) is 0.574. The number of carbonyl (C=O) groups excluding carboxylic acids is 1. The van der Waals surface area contributed by atoms with E-state index < -0.39 is 0 Å². The Morgan fingerprint density at radius 3 is 2.82 bits per heavy atom. The monoisotopic (exact) mass is 158 g/mol. The smallest absolute Gasteiger partial charge is 0.407 e. The summed E-state index contributed by atoms with van der Waals surface area (Å²) in [4.78, 5) is 10.7. The number of hydrogen-bond acceptors (Lipinski definition) is 3. The number of methoxy groups -OCH3 is 1. The lowest BCUT2D eigenvalue weighted by Gasteiger charge is -2.10. The van der Waals surface area contributed by atoms with Gasteiger partial charge in [-0.05, 0) is 19.3 Å². The highest BCUT2D eigenvalue weighted by atomic mass is 16.5. The van der Waals surface area contributed by atoms with Crippen molar-refractivity contribution in [2.24, 2.45) is 5.73 Å². The van der Waals surface area contributed by atoms with E-state index in [1.807, 2.05) is 0 Å². The maximum absolute atomic E-state index is 10.7. The lowest BCUT2D eigenvalue weighted by atomic mass is 10.2. The largest absolute Gasteiger partial charge is 0.453 e. The Morgan fingerprint density at radius 1 is 1.64 bits per heavy atom. The van der Waals surface area contributed by atoms with Crippen LogP contribution in [0.5, 0.6) is 0 Å². The summed E-state index contributed by atoms with van der Waals surface area (Å²) in [7, 11) is 1.37. The third kappa shape index (κ3) is 2.38. The summed E-state index contributed by atoms with van der Waals surface area (Å²) in [5.74, 6) is 0. The van der Waals surface area contributed by atoms with Crippen molar-refractivity contribution in [2.75, 3.05) is 7.11 Å². The third-order valence-corrected chi connectivity index (χ3v) is 1.98. The molecule has 4 heteroatoms. The van der Waals surface area contributed by atoms with Gasteiger partial charge in [0, 0.05) is 12.1 Å². The van der Waals surface area contributed by atoms with E-state index in [0.29, 0.717) is 0 Å². The predicted molar refractivity (Wildman–Crippen MR) is 41.2 cm³/mol. The van der Waals surface area contributed by atoms with Gasteiger partial charge < -0.3 is 15.8 Å². The zero-order valence-corrected chi connectivity index (χ0v) is 6.67. The standard InChI is InChI=1S/C7H14N2O2/c1-11-7(10)9-6-3-2-5(8)4-6/h5-6H,2-4,8H2,1H3,(H,9,10)/t5-,6-/m0/s1. The Morgan fingerprint density at radius 2 is 2.36 bits per heavy atom. The third-order valence-electron chi connectivity index (χ3n) is 1.98. The van der Waals surface area contributed by atoms with Crippen molar-refractivity contribution in [1.29, 1.82) is 0 Å². The topological polar surface area (TPSA) is 64.3 Å². The van der Waals surface area contributed by atoms with Crippen LogP contribution in [0.15, 0.2) is 0 Å². The van der Waals surface area contributed by atoms with Crippen LogP contribution in [-0.2, 0) is 4.74 Å². The molecule has 0 aromatic heterocycles. The molecule has 0 aliphatic heterocycles. The van der Waals surface area contributed by atoms with Crippen molar-refractivity contribution < 1.29 is 9.53 Å². The van der Waals surface area contributed by atoms with Crippen LogP contribution in [0.4, 0.5) is 4.79 Å². The van der Waals surface area contributed by atoms with Gasteiger partial charge in [0.1, 0.15) is 0 Å². The average molecular weight is 158 g/mol. The summed E-state index contributed by atoms with van der Waals surface area (Å²) in [6.07, 6.45) is 2.48. The summed E-state index contributed by atoms with van der Waals surface area (Å²) < 4.78 is 4.46. The molecular weight excluding hydrogens is 144 g/mol. The van der Waals surface area contributed by atoms with Gasteiger partial charge in [-0.2, -0.15) is 0 Å². The summed E-state index contributed by atoms with van der Waals surface area (Å²) in [5.41, 5.74) is 5.65. The van der Waals surface area contributed by atoms with Gasteiger partial charge in [0.2, 0.25) is 0 Å². The first-order chi connectivity index (χ1) is 5.22. The molecule has 3 N–H and O–H groups in total. The fourth-order valence-corrected chi connectivity index (χ4v) is 1.37. The number of carbonyl (C=O) groups is 1. The van der Waals surface area contributed by atoms with Gasteiger partial charge in [-0.25, -0.2) is 4.79 Å². The fraction of sp³-hybridized carbons (Fsp3) is 0.857. The van der Waals surface area contributed by atoms with Crippen LogP contribution in [-0.4, -0.2) is 25.3 Å². The Hall–Kier alpha value is -0.770. The van der Waals surface area contributed by atoms with E-state index in [4.69, 9.17) is 5.73 Å². The summed E-state index contributed by atoms with van der Waals surface area (Å²) in [6.45, 7) is 0. The number of alkyl carbamates (subject to hydrolysis) is 1. The van der Waals surface area contributed by atoms with Gasteiger partial charge >= 0.3 is 6.09 Å². The Kier molecular flexibility index (Phi) is 2.70. The van der Waals surface area contributed by atoms with Gasteiger partial charge in [0.05, 0.1) is 7.11 Å². The molecule has 0 unspecified atom stereocenters. The molecule has 64 valence electrons. The van der Waals surface area contributed by atoms with Gasteiger partial charge in [-0.3, -0.25) is 0 Å². The molecular formula is C7H14N2O2. The highest BCUT2D eigenvalue weighted by molar-refractivity contribution is 5.67. The number of rotatable bonds is 1. The van der Waals surface area contributed by atoms with Crippen molar-refractivity contribution in [1.82, 2.24) is 5.32 Å². The highest BCUT2D eigenvalue weighted by Crippen LogP contribution is 2.16. The first-order valence-electron chi connectivity index (χ1n) is 3.82. The molecule has 4 nitrogen and oxygen atoms in total. The van der Waals surface area contributed by atoms with Crippen LogP contribution >= 0.6 is 0 Å². The Balaban J connectivity index is 2.23. The van der Waals surface area contributed by atoms with E-state index in [1.165, 1.54) is 7.11 Å². The van der Waals surface area contributed by atoms with Crippen LogP contribution in [0.25, 0.3) is 0 Å². The van der Waals surface area contributed by atoms with E-state index in [2.05, 4.69) is 10.1 Å². The maximum Gasteiger partial charge on any atom is 0.407 e. The fourth-order valence-electron chi connectivity index (χ4n) is 1.37. The molecule has 1 aliphatic rings. The van der Waals surface area contributed by atoms with E-state index in [-0.39, 0.29) is 18.2 Å². The number of hydrogen-bond donors (Lipinski definition) is 2. The van der Waals surface area contributed by atoms with Crippen LogP contribution in [0.3, 0.4) is 0 Å². The van der Waals surface area contributed by atoms with Gasteiger partial charge in [0.15, 0.2) is 0 Å². The number of amides is 1. The van der Waals surface area contributed by atoms with E-state index >= 15 is 0 Å². The second-order valence-electron chi connectivity index (χ2n) is 2.91. The molecule has 0 spiro atoms. The molecule has 1 amide bonds. The molecule has 0 aromatic rings. The molecule has 1 aliphatic carbocycles. The van der Waals surface area contributed by atoms with E-state index in [9.17, 15) is 4.79 Å². The lowest BCUT2D eigenvalue weighted by molar-refractivity contribution is 0.166. The molecule has 2 atom stereocenters. The van der Waals surface area contributed by atoms with Crippen molar-refractivity contribution in [3.63, 3.8) is 0 Å². The summed E-state index contributed by atoms with van der Waals surface area (Å²) in [5, 5.41) is 2.72. The molecule has 0 saturated heterocycles. The lowest BCUT2D eigenvalue weighted by Crippen LogP contribution is -2.33. The van der Waals surface area contributed by atoms with Crippen molar-refractivity contribution in [3.05, 3.63) is 0 Å². The second kappa shape index (κ2) is 3.57.